The minimum Gasteiger partial charge on any atom is -0.468 e. The van der Waals surface area contributed by atoms with E-state index in [2.05, 4.69) is 10.1 Å². The highest BCUT2D eigenvalue weighted by Gasteiger charge is 2.24. The van der Waals surface area contributed by atoms with Crippen LogP contribution in [0.5, 0.6) is 0 Å². The highest BCUT2D eigenvalue weighted by atomic mass is 32.2. The molecule has 7 heteroatoms. The number of rotatable bonds is 5. The summed E-state index contributed by atoms with van der Waals surface area (Å²) in [5.41, 5.74) is 0.681. The highest BCUT2D eigenvalue weighted by Crippen LogP contribution is 2.21. The van der Waals surface area contributed by atoms with Gasteiger partial charge in [-0.25, -0.2) is 8.42 Å². The Labute approximate surface area is 131 Å². The topological polar surface area (TPSA) is 75.7 Å². The van der Waals surface area contributed by atoms with E-state index in [1.165, 1.54) is 7.11 Å². The first-order valence-corrected chi connectivity index (χ1v) is 8.89. The van der Waals surface area contributed by atoms with Crippen LogP contribution in [0.1, 0.15) is 25.7 Å². The van der Waals surface area contributed by atoms with E-state index in [9.17, 15) is 13.2 Å². The molecular formula is C15H22N2O4S. The maximum absolute atomic E-state index is 12.6. The molecule has 0 aliphatic carbocycles. The van der Waals surface area contributed by atoms with Crippen molar-refractivity contribution in [3.8, 4) is 0 Å². The summed E-state index contributed by atoms with van der Waals surface area (Å²) >= 11 is 0. The van der Waals surface area contributed by atoms with Gasteiger partial charge in [0.05, 0.1) is 12.0 Å². The molecule has 1 heterocycles. The normalized spacial score (nSPS) is 16.8. The number of carbonyl (C=O) groups excluding carboxylic acids is 1. The second-order valence-electron chi connectivity index (χ2n) is 5.27. The monoisotopic (exact) mass is 326 g/mol. The van der Waals surface area contributed by atoms with Crippen LogP contribution in [0.4, 0.5) is 5.69 Å². The minimum atomic E-state index is -3.42. The number of carbonyl (C=O) groups is 1. The van der Waals surface area contributed by atoms with Crippen LogP contribution in [0.2, 0.25) is 0 Å². The van der Waals surface area contributed by atoms with Gasteiger partial charge in [-0.05, 0) is 37.1 Å². The van der Waals surface area contributed by atoms with Gasteiger partial charge in [-0.15, -0.1) is 0 Å². The predicted molar refractivity (Wildman–Crippen MR) is 84.2 cm³/mol. The van der Waals surface area contributed by atoms with Gasteiger partial charge in [0.25, 0.3) is 0 Å². The van der Waals surface area contributed by atoms with E-state index >= 15 is 0 Å². The summed E-state index contributed by atoms with van der Waals surface area (Å²) in [6.07, 6.45) is 4.00. The van der Waals surface area contributed by atoms with Gasteiger partial charge in [-0.3, -0.25) is 4.79 Å². The van der Waals surface area contributed by atoms with Crippen molar-refractivity contribution in [3.63, 3.8) is 0 Å². The van der Waals surface area contributed by atoms with Crippen molar-refractivity contribution in [2.75, 3.05) is 32.1 Å². The molecule has 122 valence electrons. The number of nitrogens with one attached hydrogen (secondary N) is 1. The van der Waals surface area contributed by atoms with Gasteiger partial charge in [0.2, 0.25) is 10.0 Å². The molecule has 22 heavy (non-hydrogen) atoms. The number of benzene rings is 1. The number of esters is 1. The summed E-state index contributed by atoms with van der Waals surface area (Å²) in [6, 6.07) is 6.46. The largest absolute Gasteiger partial charge is 0.468 e. The van der Waals surface area contributed by atoms with Crippen molar-refractivity contribution < 1.29 is 17.9 Å². The first-order chi connectivity index (χ1) is 10.5. The van der Waals surface area contributed by atoms with Crippen LogP contribution >= 0.6 is 0 Å². The molecule has 0 saturated carbocycles. The molecule has 0 unspecified atom stereocenters. The smallest absolute Gasteiger partial charge is 0.325 e. The molecule has 1 aliphatic rings. The maximum Gasteiger partial charge on any atom is 0.325 e. The molecule has 1 aromatic carbocycles. The third-order valence-electron chi connectivity index (χ3n) is 3.72. The molecule has 0 atom stereocenters. The van der Waals surface area contributed by atoms with Crippen LogP contribution in [0.3, 0.4) is 0 Å². The second-order valence-corrected chi connectivity index (χ2v) is 7.21. The highest BCUT2D eigenvalue weighted by molar-refractivity contribution is 7.89. The molecule has 1 aromatic rings. The van der Waals surface area contributed by atoms with Crippen LogP contribution in [0.15, 0.2) is 29.2 Å². The van der Waals surface area contributed by atoms with Gasteiger partial charge >= 0.3 is 5.97 Å². The summed E-state index contributed by atoms with van der Waals surface area (Å²) in [5.74, 6) is -0.374. The fourth-order valence-electron chi connectivity index (χ4n) is 2.42. The van der Waals surface area contributed by atoms with E-state index in [1.807, 2.05) is 0 Å². The molecule has 1 saturated heterocycles. The molecule has 0 spiro atoms. The van der Waals surface area contributed by atoms with Gasteiger partial charge in [0.15, 0.2) is 0 Å². The molecule has 1 N–H and O–H groups in total. The van der Waals surface area contributed by atoms with Crippen molar-refractivity contribution >= 4 is 21.7 Å². The lowest BCUT2D eigenvalue weighted by Gasteiger charge is -2.20. The van der Waals surface area contributed by atoms with Gasteiger partial charge in [0, 0.05) is 18.8 Å². The average molecular weight is 326 g/mol. The van der Waals surface area contributed by atoms with E-state index in [0.717, 1.165) is 25.7 Å². The fraction of sp³-hybridized carbons (Fsp3) is 0.533. The number of methoxy groups -OCH3 is 1. The number of nitrogens with zero attached hydrogens (tertiary/aromatic N) is 1. The third-order valence-corrected chi connectivity index (χ3v) is 5.63. The summed E-state index contributed by atoms with van der Waals surface area (Å²) in [6.45, 7) is 1.23. The fourth-order valence-corrected chi connectivity index (χ4v) is 3.94. The zero-order valence-electron chi connectivity index (χ0n) is 12.7. The molecule has 2 rings (SSSR count). The Morgan fingerprint density at radius 1 is 1.14 bits per heavy atom. The Morgan fingerprint density at radius 3 is 2.27 bits per heavy atom. The average Bonchev–Trinajstić information content (AvgIpc) is 2.82. The number of ether oxygens (including phenoxy) is 1. The van der Waals surface area contributed by atoms with Crippen molar-refractivity contribution in [3.05, 3.63) is 24.3 Å². The standard InChI is InChI=1S/C15H22N2O4S/c1-21-15(18)12-16-13-6-8-14(9-7-13)22(19,20)17-10-4-2-3-5-11-17/h6-9,16H,2-5,10-12H2,1H3. The van der Waals surface area contributed by atoms with Gasteiger partial charge < -0.3 is 10.1 Å². The van der Waals surface area contributed by atoms with Gasteiger partial charge in [-0.2, -0.15) is 4.31 Å². The Bertz CT molecular complexity index is 590. The molecule has 1 aliphatic heterocycles. The van der Waals surface area contributed by atoms with Gasteiger partial charge in [0.1, 0.15) is 6.54 Å². The van der Waals surface area contributed by atoms with E-state index in [1.54, 1.807) is 28.6 Å². The summed E-state index contributed by atoms with van der Waals surface area (Å²) in [4.78, 5) is 11.4. The van der Waals surface area contributed by atoms with Crippen molar-refractivity contribution in [1.29, 1.82) is 0 Å². The van der Waals surface area contributed by atoms with Gasteiger partial charge in [-0.1, -0.05) is 12.8 Å². The van der Waals surface area contributed by atoms with Crippen LogP contribution < -0.4 is 5.32 Å². The zero-order valence-corrected chi connectivity index (χ0v) is 13.6. The van der Waals surface area contributed by atoms with E-state index < -0.39 is 10.0 Å². The van der Waals surface area contributed by atoms with E-state index in [4.69, 9.17) is 0 Å². The first-order valence-electron chi connectivity index (χ1n) is 7.45. The summed E-state index contributed by atoms with van der Waals surface area (Å²) in [5, 5.41) is 2.88. The molecule has 0 amide bonds. The van der Waals surface area contributed by atoms with Crippen molar-refractivity contribution in [1.82, 2.24) is 4.31 Å². The Morgan fingerprint density at radius 2 is 1.73 bits per heavy atom. The molecule has 0 bridgehead atoms. The Balaban J connectivity index is 2.06. The molecule has 1 fully saturated rings. The molecule has 0 aromatic heterocycles. The number of anilines is 1. The Hall–Kier alpha value is -1.60. The minimum absolute atomic E-state index is 0.0503. The lowest BCUT2D eigenvalue weighted by atomic mass is 10.2. The van der Waals surface area contributed by atoms with Crippen molar-refractivity contribution in [2.24, 2.45) is 0 Å². The number of hydrogen-bond acceptors (Lipinski definition) is 5. The zero-order chi connectivity index (χ0) is 16.0. The second kappa shape index (κ2) is 7.60. The number of hydrogen-bond donors (Lipinski definition) is 1. The van der Waals surface area contributed by atoms with Crippen molar-refractivity contribution in [2.45, 2.75) is 30.6 Å². The summed E-state index contributed by atoms with van der Waals surface area (Å²) < 4.78 is 31.3. The molecule has 0 radical (unpaired) electrons. The van der Waals surface area contributed by atoms with Crippen LogP contribution in [-0.4, -0.2) is 45.4 Å². The van der Waals surface area contributed by atoms with E-state index in [0.29, 0.717) is 18.8 Å². The van der Waals surface area contributed by atoms with Crippen LogP contribution in [-0.2, 0) is 19.6 Å². The van der Waals surface area contributed by atoms with Crippen LogP contribution in [0, 0.1) is 0 Å². The lowest BCUT2D eigenvalue weighted by molar-refractivity contribution is -0.138. The molecule has 6 nitrogen and oxygen atoms in total. The predicted octanol–water partition coefficient (Wildman–Crippen LogP) is 1.84. The quantitative estimate of drug-likeness (QED) is 0.836. The number of sulfonamides is 1. The van der Waals surface area contributed by atoms with E-state index in [-0.39, 0.29) is 17.4 Å². The first kappa shape index (κ1) is 16.8. The lowest BCUT2D eigenvalue weighted by Crippen LogP contribution is -2.31. The third kappa shape index (κ3) is 4.20. The Kier molecular flexibility index (Phi) is 5.79. The molecular weight excluding hydrogens is 304 g/mol. The SMILES string of the molecule is COC(=O)CNc1ccc(S(=O)(=O)N2CCCCCC2)cc1. The summed E-state index contributed by atoms with van der Waals surface area (Å²) in [7, 11) is -2.10. The van der Waals surface area contributed by atoms with Crippen LogP contribution in [0.25, 0.3) is 0 Å². The maximum atomic E-state index is 12.6.